The van der Waals surface area contributed by atoms with Crippen LogP contribution >= 0.6 is 15.9 Å². The lowest BCUT2D eigenvalue weighted by Crippen LogP contribution is -2.08. The quantitative estimate of drug-likeness (QED) is 0.785. The molecule has 1 aromatic rings. The number of hydrogen-bond acceptors (Lipinski definition) is 3. The average molecular weight is 307 g/mol. The van der Waals surface area contributed by atoms with Crippen LogP contribution in [0.5, 0.6) is 5.75 Å². The van der Waals surface area contributed by atoms with Crippen LogP contribution in [0.1, 0.15) is 12.0 Å². The van der Waals surface area contributed by atoms with Crippen LogP contribution in [0.2, 0.25) is 0 Å². The van der Waals surface area contributed by atoms with Crippen LogP contribution < -0.4 is 4.74 Å². The fraction of sp³-hybridized carbons (Fsp3) is 0.455. The lowest BCUT2D eigenvalue weighted by molar-refractivity contribution is 0.316. The Balaban J connectivity index is 2.43. The minimum Gasteiger partial charge on any atom is -0.492 e. The van der Waals surface area contributed by atoms with E-state index in [2.05, 4.69) is 15.9 Å². The molecular formula is C11H15BrO3S. The molecule has 0 aliphatic heterocycles. The van der Waals surface area contributed by atoms with E-state index in [0.717, 1.165) is 15.8 Å². The van der Waals surface area contributed by atoms with Crippen LogP contribution in [0.25, 0.3) is 0 Å². The summed E-state index contributed by atoms with van der Waals surface area (Å²) in [6.07, 6.45) is 1.74. The Morgan fingerprint density at radius 3 is 2.62 bits per heavy atom. The van der Waals surface area contributed by atoms with Gasteiger partial charge in [0.25, 0.3) is 0 Å². The van der Waals surface area contributed by atoms with Gasteiger partial charge >= 0.3 is 0 Å². The first-order chi connectivity index (χ1) is 7.38. The molecule has 0 amide bonds. The Morgan fingerprint density at radius 2 is 2.06 bits per heavy atom. The predicted octanol–water partition coefficient (Wildman–Crippen LogP) is 2.57. The minimum atomic E-state index is -2.89. The highest BCUT2D eigenvalue weighted by molar-refractivity contribution is 9.10. The van der Waals surface area contributed by atoms with Gasteiger partial charge in [-0.25, -0.2) is 8.42 Å². The van der Waals surface area contributed by atoms with Crippen molar-refractivity contribution in [2.45, 2.75) is 13.3 Å². The summed E-state index contributed by atoms with van der Waals surface area (Å²) in [6.45, 7) is 2.41. The highest BCUT2D eigenvalue weighted by atomic mass is 79.9. The molecule has 0 aromatic heterocycles. The monoisotopic (exact) mass is 306 g/mol. The molecule has 5 heteroatoms. The van der Waals surface area contributed by atoms with Crippen molar-refractivity contribution in [3.05, 3.63) is 28.2 Å². The Bertz CT molecular complexity index is 454. The van der Waals surface area contributed by atoms with Gasteiger partial charge in [-0.2, -0.15) is 0 Å². The second kappa shape index (κ2) is 5.68. The third kappa shape index (κ3) is 4.99. The molecule has 0 saturated heterocycles. The van der Waals surface area contributed by atoms with Crippen LogP contribution in [0.4, 0.5) is 0 Å². The van der Waals surface area contributed by atoms with E-state index in [-0.39, 0.29) is 5.75 Å². The van der Waals surface area contributed by atoms with E-state index in [1.165, 1.54) is 6.26 Å². The highest BCUT2D eigenvalue weighted by Crippen LogP contribution is 2.25. The van der Waals surface area contributed by atoms with Crippen molar-refractivity contribution in [3.8, 4) is 5.75 Å². The number of aryl methyl sites for hydroxylation is 1. The summed E-state index contributed by atoms with van der Waals surface area (Å²) >= 11 is 3.40. The maximum absolute atomic E-state index is 10.9. The third-order valence-corrected chi connectivity index (χ3v) is 3.65. The SMILES string of the molecule is Cc1ccc(OCCCS(C)(=O)=O)c(Br)c1. The maximum Gasteiger partial charge on any atom is 0.147 e. The Morgan fingerprint density at radius 1 is 1.38 bits per heavy atom. The lowest BCUT2D eigenvalue weighted by atomic mass is 10.2. The van der Waals surface area contributed by atoms with Gasteiger partial charge in [0.05, 0.1) is 16.8 Å². The molecule has 90 valence electrons. The van der Waals surface area contributed by atoms with E-state index in [1.54, 1.807) is 0 Å². The van der Waals surface area contributed by atoms with Crippen molar-refractivity contribution in [1.82, 2.24) is 0 Å². The van der Waals surface area contributed by atoms with Crippen molar-refractivity contribution in [2.75, 3.05) is 18.6 Å². The molecule has 0 aliphatic carbocycles. The molecule has 0 radical (unpaired) electrons. The number of benzene rings is 1. The second-order valence-corrected chi connectivity index (χ2v) is 6.88. The normalized spacial score (nSPS) is 11.4. The lowest BCUT2D eigenvalue weighted by Gasteiger charge is -2.08. The summed E-state index contributed by atoms with van der Waals surface area (Å²) in [4.78, 5) is 0. The van der Waals surface area contributed by atoms with Crippen molar-refractivity contribution in [3.63, 3.8) is 0 Å². The van der Waals surface area contributed by atoms with Gasteiger partial charge in [0, 0.05) is 6.26 Å². The summed E-state index contributed by atoms with van der Waals surface area (Å²) in [7, 11) is -2.89. The van der Waals surface area contributed by atoms with E-state index < -0.39 is 9.84 Å². The van der Waals surface area contributed by atoms with E-state index in [4.69, 9.17) is 4.74 Å². The molecule has 0 unspecified atom stereocenters. The molecule has 0 heterocycles. The first-order valence-corrected chi connectivity index (χ1v) is 7.80. The van der Waals surface area contributed by atoms with Crippen LogP contribution in [0.15, 0.2) is 22.7 Å². The molecule has 1 aromatic carbocycles. The molecule has 0 atom stereocenters. The summed E-state index contributed by atoms with van der Waals surface area (Å²) < 4.78 is 28.1. The zero-order chi connectivity index (χ0) is 12.2. The summed E-state index contributed by atoms with van der Waals surface area (Å²) in [6, 6.07) is 5.79. The molecule has 0 fully saturated rings. The van der Waals surface area contributed by atoms with Crippen LogP contribution in [0.3, 0.4) is 0 Å². The minimum absolute atomic E-state index is 0.163. The summed E-state index contributed by atoms with van der Waals surface area (Å²) in [5, 5.41) is 0. The van der Waals surface area contributed by atoms with Crippen molar-refractivity contribution < 1.29 is 13.2 Å². The summed E-state index contributed by atoms with van der Waals surface area (Å²) in [5.41, 5.74) is 1.15. The Hall–Kier alpha value is -0.550. The fourth-order valence-electron chi connectivity index (χ4n) is 1.23. The van der Waals surface area contributed by atoms with Gasteiger partial charge in [-0.1, -0.05) is 6.07 Å². The van der Waals surface area contributed by atoms with E-state index in [1.807, 2.05) is 25.1 Å². The van der Waals surface area contributed by atoms with Crippen molar-refractivity contribution in [2.24, 2.45) is 0 Å². The molecule has 0 bridgehead atoms. The standard InChI is InChI=1S/C11H15BrO3S/c1-9-4-5-11(10(12)8-9)15-6-3-7-16(2,13)14/h4-5,8H,3,6-7H2,1-2H3. The zero-order valence-corrected chi connectivity index (χ0v) is 11.8. The Labute approximate surface area is 105 Å². The van der Waals surface area contributed by atoms with Gasteiger partial charge in [0.1, 0.15) is 15.6 Å². The topological polar surface area (TPSA) is 43.4 Å². The Kier molecular flexibility index (Phi) is 4.80. The molecule has 1 rings (SSSR count). The van der Waals surface area contributed by atoms with Crippen molar-refractivity contribution in [1.29, 1.82) is 0 Å². The molecule has 0 saturated carbocycles. The van der Waals surface area contributed by atoms with Crippen LogP contribution in [-0.2, 0) is 9.84 Å². The number of ether oxygens (including phenoxy) is 1. The number of hydrogen-bond donors (Lipinski definition) is 0. The first-order valence-electron chi connectivity index (χ1n) is 4.95. The van der Waals surface area contributed by atoms with E-state index in [9.17, 15) is 8.42 Å². The van der Waals surface area contributed by atoms with E-state index in [0.29, 0.717) is 13.0 Å². The molecule has 0 spiro atoms. The van der Waals surface area contributed by atoms with Crippen LogP contribution in [-0.4, -0.2) is 27.0 Å². The highest BCUT2D eigenvalue weighted by Gasteiger charge is 2.04. The van der Waals surface area contributed by atoms with Gasteiger partial charge in [-0.15, -0.1) is 0 Å². The number of sulfone groups is 1. The number of rotatable bonds is 5. The van der Waals surface area contributed by atoms with Gasteiger partial charge < -0.3 is 4.74 Å². The van der Waals surface area contributed by atoms with Gasteiger partial charge in [-0.3, -0.25) is 0 Å². The molecule has 0 N–H and O–H groups in total. The number of halogens is 1. The van der Waals surface area contributed by atoms with Gasteiger partial charge in [-0.05, 0) is 47.0 Å². The van der Waals surface area contributed by atoms with E-state index >= 15 is 0 Å². The molecule has 3 nitrogen and oxygen atoms in total. The van der Waals surface area contributed by atoms with Crippen molar-refractivity contribution >= 4 is 25.8 Å². The predicted molar refractivity (Wildman–Crippen MR) is 68.7 cm³/mol. The second-order valence-electron chi connectivity index (χ2n) is 3.77. The smallest absolute Gasteiger partial charge is 0.147 e. The van der Waals surface area contributed by atoms with Gasteiger partial charge in [0.2, 0.25) is 0 Å². The first kappa shape index (κ1) is 13.5. The van der Waals surface area contributed by atoms with Gasteiger partial charge in [0.15, 0.2) is 0 Å². The maximum atomic E-state index is 10.9. The zero-order valence-electron chi connectivity index (χ0n) is 9.36. The molecular weight excluding hydrogens is 292 g/mol. The third-order valence-electron chi connectivity index (χ3n) is 2.00. The average Bonchev–Trinajstić information content (AvgIpc) is 2.13. The largest absolute Gasteiger partial charge is 0.492 e. The summed E-state index contributed by atoms with van der Waals surface area (Å²) in [5.74, 6) is 0.912. The fourth-order valence-corrected chi connectivity index (χ4v) is 2.48. The van der Waals surface area contributed by atoms with Crippen LogP contribution in [0, 0.1) is 6.92 Å². The molecule has 16 heavy (non-hydrogen) atoms. The molecule has 0 aliphatic rings.